The lowest BCUT2D eigenvalue weighted by Crippen LogP contribution is -2.16. The zero-order chi connectivity index (χ0) is 22.9. The van der Waals surface area contributed by atoms with Gasteiger partial charge in [0.25, 0.3) is 0 Å². The number of carbonyl (C=O) groups is 2. The van der Waals surface area contributed by atoms with Crippen LogP contribution in [0.25, 0.3) is 17.0 Å². The molecule has 166 valence electrons. The van der Waals surface area contributed by atoms with E-state index < -0.39 is 12.1 Å². The minimum absolute atomic E-state index is 0.0526. The number of hydrogen-bond acceptors (Lipinski definition) is 6. The number of methoxy groups -OCH3 is 1. The Hall–Kier alpha value is -2.49. The third-order valence-electron chi connectivity index (χ3n) is 4.27. The first-order valence-electron chi connectivity index (χ1n) is 9.16. The number of amides is 1. The van der Waals surface area contributed by atoms with Crippen molar-refractivity contribution in [3.63, 3.8) is 0 Å². The minimum atomic E-state index is -0.765. The highest BCUT2D eigenvalue weighted by atomic mass is 35.5. The Morgan fingerprint density at radius 2 is 1.84 bits per heavy atom. The lowest BCUT2D eigenvalue weighted by atomic mass is 9.92. The molecule has 1 amide bonds. The van der Waals surface area contributed by atoms with Gasteiger partial charge in [0, 0.05) is 11.1 Å². The topological polar surface area (TPSA) is 111 Å². The average Bonchev–Trinajstić information content (AvgIpc) is 3.20. The Balaban J connectivity index is 1.81. The van der Waals surface area contributed by atoms with Crippen molar-refractivity contribution in [1.82, 2.24) is 19.8 Å². The van der Waals surface area contributed by atoms with Gasteiger partial charge in [0.2, 0.25) is 0 Å². The standard InChI is InChI=1S/C19H20Cl3N5O4/c1-19(2,3)15-14(22)17-24-16(26-27(17)25-15)13-10(20)7-9(8-11(13)21)23-18(29)31-6-5-12(28)30-4/h7-8,25H,5-6H2,1-4H3,(H,23,29). The first-order valence-corrected chi connectivity index (χ1v) is 10.3. The lowest BCUT2D eigenvalue weighted by molar-refractivity contribution is -0.141. The molecule has 12 heteroatoms. The number of carbonyl (C=O) groups excluding carboxylic acids is 2. The Morgan fingerprint density at radius 3 is 2.39 bits per heavy atom. The Labute approximate surface area is 192 Å². The SMILES string of the molecule is COC(=O)CCOC(=O)Nc1cc(Cl)c(-c2nc3c(Cl)c(C(C)(C)C)[nH]n3n2)c(Cl)c1. The molecule has 0 bridgehead atoms. The predicted molar refractivity (Wildman–Crippen MR) is 118 cm³/mol. The molecule has 9 nitrogen and oxygen atoms in total. The molecule has 0 aliphatic heterocycles. The summed E-state index contributed by atoms with van der Waals surface area (Å²) in [5.41, 5.74) is 1.73. The van der Waals surface area contributed by atoms with Gasteiger partial charge in [0.15, 0.2) is 11.5 Å². The van der Waals surface area contributed by atoms with Crippen molar-refractivity contribution in [1.29, 1.82) is 0 Å². The van der Waals surface area contributed by atoms with E-state index in [2.05, 4.69) is 25.2 Å². The fourth-order valence-electron chi connectivity index (χ4n) is 2.74. The predicted octanol–water partition coefficient (Wildman–Crippen LogP) is 5.09. The molecule has 1 aromatic carbocycles. The number of esters is 1. The number of benzene rings is 1. The molecule has 0 saturated heterocycles. The van der Waals surface area contributed by atoms with Gasteiger partial charge in [-0.1, -0.05) is 55.6 Å². The second-order valence-electron chi connectivity index (χ2n) is 7.62. The van der Waals surface area contributed by atoms with Crippen LogP contribution in [0.15, 0.2) is 12.1 Å². The van der Waals surface area contributed by atoms with Gasteiger partial charge in [-0.05, 0) is 12.1 Å². The van der Waals surface area contributed by atoms with Gasteiger partial charge in [0.05, 0.1) is 34.8 Å². The molecule has 3 rings (SSSR count). The van der Waals surface area contributed by atoms with Crippen LogP contribution in [-0.4, -0.2) is 45.6 Å². The zero-order valence-corrected chi connectivity index (χ0v) is 19.4. The molecule has 2 heterocycles. The van der Waals surface area contributed by atoms with Crippen LogP contribution in [0.5, 0.6) is 0 Å². The van der Waals surface area contributed by atoms with E-state index in [1.807, 2.05) is 20.8 Å². The quantitative estimate of drug-likeness (QED) is 0.484. The van der Waals surface area contributed by atoms with E-state index in [4.69, 9.17) is 39.5 Å². The lowest BCUT2D eigenvalue weighted by Gasteiger charge is -2.16. The molecule has 0 unspecified atom stereocenters. The highest BCUT2D eigenvalue weighted by molar-refractivity contribution is 6.39. The number of aromatic nitrogens is 4. The van der Waals surface area contributed by atoms with Crippen molar-refractivity contribution >= 4 is 58.2 Å². The van der Waals surface area contributed by atoms with Crippen LogP contribution in [-0.2, 0) is 19.7 Å². The molecule has 0 atom stereocenters. The number of fused-ring (bicyclic) bond motifs is 1. The molecule has 0 aliphatic carbocycles. The first-order chi connectivity index (χ1) is 14.5. The molecule has 0 aliphatic rings. The Kier molecular flexibility index (Phi) is 6.68. The summed E-state index contributed by atoms with van der Waals surface area (Å²) in [6, 6.07) is 2.98. The van der Waals surface area contributed by atoms with Gasteiger partial charge in [-0.3, -0.25) is 15.2 Å². The first kappa shape index (κ1) is 23.2. The molecule has 0 fully saturated rings. The van der Waals surface area contributed by atoms with Crippen molar-refractivity contribution < 1.29 is 19.1 Å². The van der Waals surface area contributed by atoms with E-state index in [1.54, 1.807) is 0 Å². The highest BCUT2D eigenvalue weighted by Gasteiger charge is 2.25. The molecule has 3 aromatic rings. The van der Waals surface area contributed by atoms with Crippen molar-refractivity contribution in [3.05, 3.63) is 32.9 Å². The maximum atomic E-state index is 11.9. The number of nitrogens with one attached hydrogen (secondary N) is 2. The summed E-state index contributed by atoms with van der Waals surface area (Å²) in [4.78, 5) is 27.4. The number of nitrogens with zero attached hydrogens (tertiary/aromatic N) is 3. The third kappa shape index (κ3) is 5.06. The summed E-state index contributed by atoms with van der Waals surface area (Å²) in [7, 11) is 1.25. The minimum Gasteiger partial charge on any atom is -0.469 e. The second-order valence-corrected chi connectivity index (χ2v) is 8.82. The Morgan fingerprint density at radius 1 is 1.19 bits per heavy atom. The van der Waals surface area contributed by atoms with Crippen molar-refractivity contribution in [2.45, 2.75) is 32.6 Å². The molecule has 0 saturated carbocycles. The third-order valence-corrected chi connectivity index (χ3v) is 5.22. The van der Waals surface area contributed by atoms with Crippen molar-refractivity contribution in [3.8, 4) is 11.4 Å². The molecular formula is C19H20Cl3N5O4. The van der Waals surface area contributed by atoms with Crippen LogP contribution in [0.1, 0.15) is 32.9 Å². The fourth-order valence-corrected chi connectivity index (χ4v) is 3.85. The van der Waals surface area contributed by atoms with Crippen LogP contribution >= 0.6 is 34.8 Å². The molecule has 31 heavy (non-hydrogen) atoms. The summed E-state index contributed by atoms with van der Waals surface area (Å²) >= 11 is 19.2. The van der Waals surface area contributed by atoms with Crippen LogP contribution in [0.2, 0.25) is 15.1 Å². The highest BCUT2D eigenvalue weighted by Crippen LogP contribution is 2.37. The van der Waals surface area contributed by atoms with Gasteiger partial charge < -0.3 is 9.47 Å². The Bertz CT molecular complexity index is 1130. The van der Waals surface area contributed by atoms with E-state index in [0.29, 0.717) is 21.9 Å². The fraction of sp³-hybridized carbons (Fsp3) is 0.368. The number of aromatic amines is 1. The van der Waals surface area contributed by atoms with E-state index in [0.717, 1.165) is 5.69 Å². The molecule has 2 N–H and O–H groups in total. The van der Waals surface area contributed by atoms with Crippen LogP contribution in [0, 0.1) is 0 Å². The maximum Gasteiger partial charge on any atom is 0.411 e. The second kappa shape index (κ2) is 8.94. The van der Waals surface area contributed by atoms with Crippen molar-refractivity contribution in [2.24, 2.45) is 0 Å². The molecule has 0 radical (unpaired) electrons. The average molecular weight is 489 g/mol. The van der Waals surface area contributed by atoms with E-state index >= 15 is 0 Å². The van der Waals surface area contributed by atoms with E-state index in [1.165, 1.54) is 23.9 Å². The number of halogens is 3. The summed E-state index contributed by atoms with van der Waals surface area (Å²) in [6.45, 7) is 5.93. The van der Waals surface area contributed by atoms with Crippen LogP contribution < -0.4 is 5.32 Å². The largest absolute Gasteiger partial charge is 0.469 e. The van der Waals surface area contributed by atoms with Crippen LogP contribution in [0.3, 0.4) is 0 Å². The smallest absolute Gasteiger partial charge is 0.411 e. The molecule has 2 aromatic heterocycles. The molecular weight excluding hydrogens is 469 g/mol. The van der Waals surface area contributed by atoms with Crippen LogP contribution in [0.4, 0.5) is 10.5 Å². The zero-order valence-electron chi connectivity index (χ0n) is 17.2. The number of hydrogen-bond donors (Lipinski definition) is 2. The number of anilines is 1. The van der Waals surface area contributed by atoms with Gasteiger partial charge in [-0.15, -0.1) is 5.10 Å². The summed E-state index contributed by atoms with van der Waals surface area (Å²) in [5, 5.41) is 10.9. The summed E-state index contributed by atoms with van der Waals surface area (Å²) in [5.74, 6) is -0.211. The maximum absolute atomic E-state index is 11.9. The number of rotatable bonds is 5. The van der Waals surface area contributed by atoms with Gasteiger partial charge >= 0.3 is 12.1 Å². The monoisotopic (exact) mass is 487 g/mol. The summed E-state index contributed by atoms with van der Waals surface area (Å²) in [6.07, 6.45) is -0.818. The molecule has 0 spiro atoms. The van der Waals surface area contributed by atoms with Gasteiger partial charge in [0.1, 0.15) is 11.6 Å². The van der Waals surface area contributed by atoms with Crippen molar-refractivity contribution in [2.75, 3.05) is 19.0 Å². The summed E-state index contributed by atoms with van der Waals surface area (Å²) < 4.78 is 10.9. The van der Waals surface area contributed by atoms with E-state index in [9.17, 15) is 9.59 Å². The number of H-pyrrole nitrogens is 1. The van der Waals surface area contributed by atoms with Gasteiger partial charge in [-0.25, -0.2) is 9.78 Å². The normalized spacial score (nSPS) is 11.6. The van der Waals surface area contributed by atoms with E-state index in [-0.39, 0.29) is 34.3 Å². The number of ether oxygens (including phenoxy) is 2. The van der Waals surface area contributed by atoms with Gasteiger partial charge in [-0.2, -0.15) is 4.63 Å².